The van der Waals surface area contributed by atoms with E-state index >= 15 is 0 Å². The summed E-state index contributed by atoms with van der Waals surface area (Å²) in [6.07, 6.45) is 2.75. The Morgan fingerprint density at radius 2 is 1.86 bits per heavy atom. The normalized spacial score (nSPS) is 27.4. The molecule has 1 aromatic carbocycles. The van der Waals surface area contributed by atoms with Crippen LogP contribution in [0.3, 0.4) is 0 Å². The van der Waals surface area contributed by atoms with Crippen LogP contribution >= 0.6 is 0 Å². The standard InChI is InChI=1S/C18H26N2O2/c1-14-10-20(11-15(2)22-14)12-17(21)19-13-18(8-9-18)16-6-4-3-5-7-16/h3-7,14-15H,8-13H2,1-2H3,(H,19,21)/t14-,15-/m1/s1. The van der Waals surface area contributed by atoms with Crippen molar-refractivity contribution in [3.63, 3.8) is 0 Å². The molecule has 0 radical (unpaired) electrons. The fraction of sp³-hybridized carbons (Fsp3) is 0.611. The van der Waals surface area contributed by atoms with E-state index < -0.39 is 0 Å². The molecule has 1 amide bonds. The Labute approximate surface area is 132 Å². The molecule has 1 heterocycles. The number of nitrogens with zero attached hydrogens (tertiary/aromatic N) is 1. The average Bonchev–Trinajstić information content (AvgIpc) is 3.26. The fourth-order valence-electron chi connectivity index (χ4n) is 3.45. The molecule has 0 spiro atoms. The molecule has 22 heavy (non-hydrogen) atoms. The van der Waals surface area contributed by atoms with Gasteiger partial charge in [-0.25, -0.2) is 0 Å². The van der Waals surface area contributed by atoms with E-state index in [1.165, 1.54) is 18.4 Å². The Bertz CT molecular complexity index is 503. The Hall–Kier alpha value is -1.39. The zero-order valence-corrected chi connectivity index (χ0v) is 13.5. The van der Waals surface area contributed by atoms with Crippen molar-refractivity contribution in [1.29, 1.82) is 0 Å². The Morgan fingerprint density at radius 1 is 1.23 bits per heavy atom. The van der Waals surface area contributed by atoms with Crippen LogP contribution in [0.1, 0.15) is 32.3 Å². The predicted molar refractivity (Wildman–Crippen MR) is 86.8 cm³/mol. The van der Waals surface area contributed by atoms with Crippen molar-refractivity contribution in [2.75, 3.05) is 26.2 Å². The number of hydrogen-bond acceptors (Lipinski definition) is 3. The van der Waals surface area contributed by atoms with Gasteiger partial charge in [-0.15, -0.1) is 0 Å². The highest BCUT2D eigenvalue weighted by Crippen LogP contribution is 2.47. The van der Waals surface area contributed by atoms with E-state index in [-0.39, 0.29) is 23.5 Å². The van der Waals surface area contributed by atoms with Crippen LogP contribution in [-0.4, -0.2) is 49.2 Å². The van der Waals surface area contributed by atoms with Gasteiger partial charge in [-0.05, 0) is 32.3 Å². The number of carbonyl (C=O) groups excluding carboxylic acids is 1. The summed E-state index contributed by atoms with van der Waals surface area (Å²) in [7, 11) is 0. The van der Waals surface area contributed by atoms with Gasteiger partial charge in [-0.1, -0.05) is 30.3 Å². The van der Waals surface area contributed by atoms with E-state index in [1.54, 1.807) is 0 Å². The Balaban J connectivity index is 1.49. The third-order valence-corrected chi connectivity index (χ3v) is 4.73. The molecule has 1 saturated heterocycles. The van der Waals surface area contributed by atoms with Gasteiger partial charge in [0.15, 0.2) is 0 Å². The number of rotatable bonds is 5. The van der Waals surface area contributed by atoms with Gasteiger partial charge in [-0.2, -0.15) is 0 Å². The molecule has 0 unspecified atom stereocenters. The number of morpholine rings is 1. The molecule has 3 rings (SSSR count). The van der Waals surface area contributed by atoms with Gasteiger partial charge in [0.1, 0.15) is 0 Å². The number of hydrogen-bond donors (Lipinski definition) is 1. The lowest BCUT2D eigenvalue weighted by Gasteiger charge is -2.34. The van der Waals surface area contributed by atoms with Crippen molar-refractivity contribution in [2.24, 2.45) is 0 Å². The molecule has 1 aliphatic carbocycles. The van der Waals surface area contributed by atoms with Crippen molar-refractivity contribution in [1.82, 2.24) is 10.2 Å². The lowest BCUT2D eigenvalue weighted by Crippen LogP contribution is -2.49. The van der Waals surface area contributed by atoms with Gasteiger partial charge in [-0.3, -0.25) is 9.69 Å². The predicted octanol–water partition coefficient (Wildman–Crippen LogP) is 1.94. The molecule has 1 saturated carbocycles. The summed E-state index contributed by atoms with van der Waals surface area (Å²) in [6.45, 7) is 7.03. The van der Waals surface area contributed by atoms with E-state index in [4.69, 9.17) is 4.74 Å². The first kappa shape index (κ1) is 15.5. The first-order valence-corrected chi connectivity index (χ1v) is 8.27. The Kier molecular flexibility index (Phi) is 4.50. The second kappa shape index (κ2) is 6.39. The maximum absolute atomic E-state index is 12.2. The summed E-state index contributed by atoms with van der Waals surface area (Å²) in [6, 6.07) is 10.5. The third kappa shape index (κ3) is 3.68. The number of nitrogens with one attached hydrogen (secondary N) is 1. The number of benzene rings is 1. The lowest BCUT2D eigenvalue weighted by molar-refractivity contribution is -0.126. The maximum atomic E-state index is 12.2. The highest BCUT2D eigenvalue weighted by molar-refractivity contribution is 5.78. The van der Waals surface area contributed by atoms with Crippen LogP contribution in [0, 0.1) is 0 Å². The summed E-state index contributed by atoms with van der Waals surface area (Å²) in [4.78, 5) is 14.4. The van der Waals surface area contributed by atoms with Crippen molar-refractivity contribution >= 4 is 5.91 Å². The molecule has 4 heteroatoms. The SMILES string of the molecule is C[C@@H]1CN(CC(=O)NCC2(c3ccccc3)CC2)C[C@@H](C)O1. The van der Waals surface area contributed by atoms with E-state index in [9.17, 15) is 4.79 Å². The van der Waals surface area contributed by atoms with Crippen LogP contribution in [0.25, 0.3) is 0 Å². The molecule has 0 bridgehead atoms. The second-order valence-electron chi connectivity index (χ2n) is 6.87. The number of amides is 1. The van der Waals surface area contributed by atoms with Gasteiger partial charge in [0.2, 0.25) is 5.91 Å². The molecule has 1 N–H and O–H groups in total. The second-order valence-corrected chi connectivity index (χ2v) is 6.87. The molecular formula is C18H26N2O2. The fourth-order valence-corrected chi connectivity index (χ4v) is 3.45. The van der Waals surface area contributed by atoms with Crippen LogP contribution in [-0.2, 0) is 14.9 Å². The zero-order chi connectivity index (χ0) is 15.6. The van der Waals surface area contributed by atoms with Crippen molar-refractivity contribution in [2.45, 2.75) is 44.3 Å². The maximum Gasteiger partial charge on any atom is 0.234 e. The van der Waals surface area contributed by atoms with Crippen molar-refractivity contribution in [3.05, 3.63) is 35.9 Å². The molecule has 0 aromatic heterocycles. The summed E-state index contributed by atoms with van der Waals surface area (Å²) < 4.78 is 5.71. The van der Waals surface area contributed by atoms with Gasteiger partial charge >= 0.3 is 0 Å². The van der Waals surface area contributed by atoms with Gasteiger partial charge in [0.05, 0.1) is 18.8 Å². The van der Waals surface area contributed by atoms with E-state index in [1.807, 2.05) is 6.07 Å². The van der Waals surface area contributed by atoms with Gasteiger partial charge in [0, 0.05) is 25.0 Å². The highest BCUT2D eigenvalue weighted by atomic mass is 16.5. The molecule has 120 valence electrons. The minimum atomic E-state index is 0.128. The zero-order valence-electron chi connectivity index (χ0n) is 13.5. The summed E-state index contributed by atoms with van der Waals surface area (Å²) in [5.41, 5.74) is 1.53. The molecule has 2 aliphatic rings. The lowest BCUT2D eigenvalue weighted by atomic mass is 9.96. The summed E-state index contributed by atoms with van der Waals surface area (Å²) in [5, 5.41) is 3.14. The van der Waals surface area contributed by atoms with Gasteiger partial charge < -0.3 is 10.1 Å². The van der Waals surface area contributed by atoms with Crippen LogP contribution in [0.5, 0.6) is 0 Å². The molecule has 2 atom stereocenters. The molecular weight excluding hydrogens is 276 g/mol. The molecule has 2 fully saturated rings. The monoisotopic (exact) mass is 302 g/mol. The topological polar surface area (TPSA) is 41.6 Å². The highest BCUT2D eigenvalue weighted by Gasteiger charge is 2.44. The number of carbonyl (C=O) groups is 1. The quantitative estimate of drug-likeness (QED) is 0.904. The average molecular weight is 302 g/mol. The van der Waals surface area contributed by atoms with Crippen LogP contribution in [0.4, 0.5) is 0 Å². The summed E-state index contributed by atoms with van der Waals surface area (Å²) >= 11 is 0. The van der Waals surface area contributed by atoms with Crippen LogP contribution in [0.15, 0.2) is 30.3 Å². The Morgan fingerprint density at radius 3 is 2.45 bits per heavy atom. The smallest absolute Gasteiger partial charge is 0.234 e. The van der Waals surface area contributed by atoms with E-state index in [0.717, 1.165) is 19.6 Å². The van der Waals surface area contributed by atoms with Crippen LogP contribution < -0.4 is 5.32 Å². The van der Waals surface area contributed by atoms with Crippen molar-refractivity contribution in [3.8, 4) is 0 Å². The van der Waals surface area contributed by atoms with Gasteiger partial charge in [0.25, 0.3) is 0 Å². The first-order chi connectivity index (χ1) is 10.6. The van der Waals surface area contributed by atoms with E-state index in [0.29, 0.717) is 6.54 Å². The molecule has 4 nitrogen and oxygen atoms in total. The van der Waals surface area contributed by atoms with Crippen molar-refractivity contribution < 1.29 is 9.53 Å². The molecule has 1 aliphatic heterocycles. The number of ether oxygens (including phenoxy) is 1. The third-order valence-electron chi connectivity index (χ3n) is 4.73. The minimum Gasteiger partial charge on any atom is -0.373 e. The minimum absolute atomic E-state index is 0.128. The molecule has 1 aromatic rings. The largest absolute Gasteiger partial charge is 0.373 e. The van der Waals surface area contributed by atoms with Crippen LogP contribution in [0.2, 0.25) is 0 Å². The first-order valence-electron chi connectivity index (χ1n) is 8.27. The van der Waals surface area contributed by atoms with E-state index in [2.05, 4.69) is 48.3 Å². The summed E-state index contributed by atoms with van der Waals surface area (Å²) in [5.74, 6) is 0.128.